The maximum atomic E-state index is 13.6. The second kappa shape index (κ2) is 8.58. The van der Waals surface area contributed by atoms with Crippen LogP contribution in [0.5, 0.6) is 0 Å². The molecule has 0 radical (unpaired) electrons. The Morgan fingerprint density at radius 2 is 1.74 bits per heavy atom. The molecule has 0 N–H and O–H groups in total. The number of aromatic nitrogens is 3. The molecule has 3 aromatic rings. The molecule has 0 bridgehead atoms. The van der Waals surface area contributed by atoms with Gasteiger partial charge in [-0.2, -0.15) is 13.2 Å². The predicted octanol–water partition coefficient (Wildman–Crippen LogP) is 4.58. The molecule has 1 unspecified atom stereocenters. The van der Waals surface area contributed by atoms with Crippen LogP contribution in [0.3, 0.4) is 0 Å². The first-order valence-corrected chi connectivity index (χ1v) is 9.92. The van der Waals surface area contributed by atoms with Gasteiger partial charge < -0.3 is 4.90 Å². The number of halogens is 4. The van der Waals surface area contributed by atoms with Crippen molar-refractivity contribution in [3.63, 3.8) is 0 Å². The second-order valence-electron chi connectivity index (χ2n) is 7.43. The molecule has 1 aliphatic rings. The maximum absolute atomic E-state index is 13.6. The van der Waals surface area contributed by atoms with Gasteiger partial charge in [0.1, 0.15) is 11.6 Å². The van der Waals surface area contributed by atoms with Gasteiger partial charge in [0.25, 0.3) is 0 Å². The molecule has 4 rings (SSSR count). The lowest BCUT2D eigenvalue weighted by atomic mass is 10.1. The monoisotopic (exact) mass is 431 g/mol. The van der Waals surface area contributed by atoms with Crippen molar-refractivity contribution in [2.24, 2.45) is 0 Å². The zero-order chi connectivity index (χ0) is 22.0. The molecule has 1 saturated heterocycles. The highest BCUT2D eigenvalue weighted by Gasteiger charge is 2.35. The highest BCUT2D eigenvalue weighted by Crippen LogP contribution is 2.32. The van der Waals surface area contributed by atoms with Crippen LogP contribution in [0, 0.1) is 5.82 Å². The minimum atomic E-state index is -4.58. The molecule has 2 aromatic heterocycles. The molecule has 1 aliphatic heterocycles. The number of nitrogens with zero attached hydrogens (tertiary/aromatic N) is 5. The number of alkyl halides is 3. The molecule has 3 heterocycles. The topological polar surface area (TPSA) is 45.2 Å². The normalized spacial score (nSPS) is 16.4. The molecule has 1 aromatic carbocycles. The van der Waals surface area contributed by atoms with E-state index >= 15 is 0 Å². The van der Waals surface area contributed by atoms with Crippen molar-refractivity contribution in [1.82, 2.24) is 19.9 Å². The first kappa shape index (κ1) is 21.2. The standard InChI is InChI=1S/C22H21F4N5/c1-15(16-4-2-6-18(23)12-16)30-8-10-31(11-9-30)20-13-19(22(24,25)26)28-21(29-20)17-5-3-7-27-14-17/h2-7,12-15H,8-11H2,1H3. The Morgan fingerprint density at radius 3 is 2.39 bits per heavy atom. The summed E-state index contributed by atoms with van der Waals surface area (Å²) in [6, 6.07) is 10.7. The number of piperazine rings is 1. The van der Waals surface area contributed by atoms with Crippen molar-refractivity contribution in [3.05, 3.63) is 71.9 Å². The van der Waals surface area contributed by atoms with E-state index in [1.807, 2.05) is 17.9 Å². The number of benzene rings is 1. The Bertz CT molecular complexity index is 1030. The van der Waals surface area contributed by atoms with E-state index in [0.717, 1.165) is 11.6 Å². The van der Waals surface area contributed by atoms with E-state index < -0.39 is 11.9 Å². The molecule has 1 atom stereocenters. The van der Waals surface area contributed by atoms with Crippen LogP contribution in [0.1, 0.15) is 24.2 Å². The van der Waals surface area contributed by atoms with Crippen LogP contribution in [0.4, 0.5) is 23.4 Å². The number of anilines is 1. The van der Waals surface area contributed by atoms with Gasteiger partial charge in [-0.1, -0.05) is 12.1 Å². The van der Waals surface area contributed by atoms with Gasteiger partial charge in [-0.05, 0) is 36.8 Å². The van der Waals surface area contributed by atoms with E-state index in [-0.39, 0.29) is 23.5 Å². The summed E-state index contributed by atoms with van der Waals surface area (Å²) in [6.07, 6.45) is -1.60. The Morgan fingerprint density at radius 1 is 0.968 bits per heavy atom. The van der Waals surface area contributed by atoms with Gasteiger partial charge in [-0.25, -0.2) is 14.4 Å². The van der Waals surface area contributed by atoms with Gasteiger partial charge in [0, 0.05) is 56.2 Å². The zero-order valence-electron chi connectivity index (χ0n) is 16.8. The average molecular weight is 431 g/mol. The molecule has 1 fully saturated rings. The van der Waals surface area contributed by atoms with Crippen molar-refractivity contribution in [2.45, 2.75) is 19.1 Å². The number of hydrogen-bond acceptors (Lipinski definition) is 5. The fourth-order valence-electron chi connectivity index (χ4n) is 3.68. The van der Waals surface area contributed by atoms with Gasteiger partial charge in [-0.3, -0.25) is 9.88 Å². The largest absolute Gasteiger partial charge is 0.433 e. The summed E-state index contributed by atoms with van der Waals surface area (Å²) in [7, 11) is 0. The molecule has 5 nitrogen and oxygen atoms in total. The van der Waals surface area contributed by atoms with Crippen LogP contribution in [0.15, 0.2) is 54.9 Å². The molecular formula is C22H21F4N5. The van der Waals surface area contributed by atoms with E-state index in [1.165, 1.54) is 24.5 Å². The number of rotatable bonds is 4. The third-order valence-corrected chi connectivity index (χ3v) is 5.44. The fourth-order valence-corrected chi connectivity index (χ4v) is 3.68. The van der Waals surface area contributed by atoms with E-state index in [4.69, 9.17) is 0 Å². The lowest BCUT2D eigenvalue weighted by Crippen LogP contribution is -2.47. The van der Waals surface area contributed by atoms with E-state index in [1.54, 1.807) is 18.2 Å². The van der Waals surface area contributed by atoms with Crippen LogP contribution < -0.4 is 4.90 Å². The highest BCUT2D eigenvalue weighted by molar-refractivity contribution is 5.57. The van der Waals surface area contributed by atoms with Crippen molar-refractivity contribution in [1.29, 1.82) is 0 Å². The maximum Gasteiger partial charge on any atom is 0.433 e. The summed E-state index contributed by atoms with van der Waals surface area (Å²) in [5.74, 6) is -0.0562. The Hall–Kier alpha value is -3.07. The predicted molar refractivity (Wildman–Crippen MR) is 109 cm³/mol. The third-order valence-electron chi connectivity index (χ3n) is 5.44. The quantitative estimate of drug-likeness (QED) is 0.566. The Kier molecular flexibility index (Phi) is 5.86. The van der Waals surface area contributed by atoms with E-state index in [0.29, 0.717) is 31.7 Å². The number of hydrogen-bond donors (Lipinski definition) is 0. The smallest absolute Gasteiger partial charge is 0.354 e. The fraction of sp³-hybridized carbons (Fsp3) is 0.318. The molecule has 0 aliphatic carbocycles. The SMILES string of the molecule is CC(c1cccc(F)c1)N1CCN(c2cc(C(F)(F)F)nc(-c3cccnc3)n2)CC1. The number of pyridine rings is 1. The molecular weight excluding hydrogens is 410 g/mol. The summed E-state index contributed by atoms with van der Waals surface area (Å²) in [5, 5.41) is 0. The zero-order valence-corrected chi connectivity index (χ0v) is 16.8. The summed E-state index contributed by atoms with van der Waals surface area (Å²) >= 11 is 0. The first-order valence-electron chi connectivity index (χ1n) is 9.92. The van der Waals surface area contributed by atoms with Crippen molar-refractivity contribution >= 4 is 5.82 Å². The molecule has 162 valence electrons. The van der Waals surface area contributed by atoms with E-state index in [9.17, 15) is 17.6 Å². The van der Waals surface area contributed by atoms with Crippen molar-refractivity contribution in [3.8, 4) is 11.4 Å². The summed E-state index contributed by atoms with van der Waals surface area (Å²) < 4.78 is 53.9. The van der Waals surface area contributed by atoms with Crippen LogP contribution >= 0.6 is 0 Å². The van der Waals surface area contributed by atoms with Crippen LogP contribution in [-0.2, 0) is 6.18 Å². The van der Waals surface area contributed by atoms with Gasteiger partial charge in [-0.15, -0.1) is 0 Å². The summed E-state index contributed by atoms with van der Waals surface area (Å²) in [5.41, 5.74) is 0.314. The molecule has 31 heavy (non-hydrogen) atoms. The van der Waals surface area contributed by atoms with Gasteiger partial charge in [0.15, 0.2) is 11.5 Å². The summed E-state index contributed by atoms with van der Waals surface area (Å²) in [6.45, 7) is 4.23. The molecule has 0 amide bonds. The van der Waals surface area contributed by atoms with Gasteiger partial charge in [0.2, 0.25) is 0 Å². The third kappa shape index (κ3) is 4.82. The van der Waals surface area contributed by atoms with Crippen molar-refractivity contribution in [2.75, 3.05) is 31.1 Å². The Labute approximate surface area is 177 Å². The van der Waals surface area contributed by atoms with Gasteiger partial charge >= 0.3 is 6.18 Å². The molecule has 0 spiro atoms. The van der Waals surface area contributed by atoms with Crippen LogP contribution in [0.2, 0.25) is 0 Å². The second-order valence-corrected chi connectivity index (χ2v) is 7.43. The Balaban J connectivity index is 1.55. The molecule has 0 saturated carbocycles. The first-order chi connectivity index (χ1) is 14.8. The lowest BCUT2D eigenvalue weighted by Gasteiger charge is -2.39. The van der Waals surface area contributed by atoms with Crippen LogP contribution in [-0.4, -0.2) is 46.0 Å². The minimum Gasteiger partial charge on any atom is -0.354 e. The average Bonchev–Trinajstić information content (AvgIpc) is 2.78. The van der Waals surface area contributed by atoms with E-state index in [2.05, 4.69) is 19.9 Å². The molecule has 9 heteroatoms. The highest BCUT2D eigenvalue weighted by atomic mass is 19.4. The van der Waals surface area contributed by atoms with Crippen LogP contribution in [0.25, 0.3) is 11.4 Å². The summed E-state index contributed by atoms with van der Waals surface area (Å²) in [4.78, 5) is 16.1. The minimum absolute atomic E-state index is 0.0000561. The van der Waals surface area contributed by atoms with Gasteiger partial charge in [0.05, 0.1) is 0 Å². The van der Waals surface area contributed by atoms with Crippen molar-refractivity contribution < 1.29 is 17.6 Å². The lowest BCUT2D eigenvalue weighted by molar-refractivity contribution is -0.141.